The van der Waals surface area contributed by atoms with Gasteiger partial charge in [0.1, 0.15) is 0 Å². The Morgan fingerprint density at radius 2 is 2.22 bits per heavy atom. The average molecular weight is 252 g/mol. The van der Waals surface area contributed by atoms with E-state index in [0.29, 0.717) is 11.8 Å². The van der Waals surface area contributed by atoms with Crippen molar-refractivity contribution in [2.24, 2.45) is 0 Å². The maximum Gasteiger partial charge on any atom is 0.230 e. The number of piperidine rings is 1. The van der Waals surface area contributed by atoms with Crippen LogP contribution in [0.4, 0.5) is 0 Å². The molecule has 1 saturated heterocycles. The van der Waals surface area contributed by atoms with Crippen molar-refractivity contribution in [2.45, 2.75) is 45.7 Å². The van der Waals surface area contributed by atoms with Crippen LogP contribution >= 0.6 is 0 Å². The van der Waals surface area contributed by atoms with Crippen molar-refractivity contribution in [2.75, 3.05) is 26.7 Å². The SMILES string of the molecule is Cc1nnc(CN(C)CCN2CCCC[C@@H]2C)o1. The first-order chi connectivity index (χ1) is 8.65. The van der Waals surface area contributed by atoms with Crippen LogP contribution in [0.1, 0.15) is 38.0 Å². The number of hydrogen-bond acceptors (Lipinski definition) is 5. The van der Waals surface area contributed by atoms with Gasteiger partial charge in [-0.1, -0.05) is 6.42 Å². The van der Waals surface area contributed by atoms with Crippen molar-refractivity contribution in [3.8, 4) is 0 Å². The number of aromatic nitrogens is 2. The first kappa shape index (κ1) is 13.5. The Labute approximate surface area is 109 Å². The van der Waals surface area contributed by atoms with Crippen molar-refractivity contribution in [3.63, 3.8) is 0 Å². The summed E-state index contributed by atoms with van der Waals surface area (Å²) in [5, 5.41) is 7.87. The Morgan fingerprint density at radius 1 is 1.39 bits per heavy atom. The lowest BCUT2D eigenvalue weighted by Gasteiger charge is -2.34. The van der Waals surface area contributed by atoms with Gasteiger partial charge in [-0.25, -0.2) is 0 Å². The van der Waals surface area contributed by atoms with Crippen molar-refractivity contribution >= 4 is 0 Å². The lowest BCUT2D eigenvalue weighted by molar-refractivity contribution is 0.138. The van der Waals surface area contributed by atoms with E-state index in [9.17, 15) is 0 Å². The number of likely N-dealkylation sites (tertiary alicyclic amines) is 1. The van der Waals surface area contributed by atoms with Crippen LogP contribution in [0.3, 0.4) is 0 Å². The Balaban J connectivity index is 1.72. The normalized spacial score (nSPS) is 21.7. The minimum absolute atomic E-state index is 0.642. The van der Waals surface area contributed by atoms with Gasteiger partial charge in [0.25, 0.3) is 0 Å². The molecule has 0 aromatic carbocycles. The summed E-state index contributed by atoms with van der Waals surface area (Å²) in [6.45, 7) is 8.32. The summed E-state index contributed by atoms with van der Waals surface area (Å²) in [7, 11) is 2.11. The number of nitrogens with zero attached hydrogens (tertiary/aromatic N) is 4. The molecule has 1 aliphatic rings. The Morgan fingerprint density at radius 3 is 2.89 bits per heavy atom. The van der Waals surface area contributed by atoms with Crippen LogP contribution in [0.15, 0.2) is 4.42 Å². The maximum absolute atomic E-state index is 5.39. The summed E-state index contributed by atoms with van der Waals surface area (Å²) in [5.74, 6) is 1.35. The van der Waals surface area contributed by atoms with E-state index >= 15 is 0 Å². The molecule has 0 saturated carbocycles. The van der Waals surface area contributed by atoms with Crippen LogP contribution in [-0.2, 0) is 6.54 Å². The maximum atomic E-state index is 5.39. The standard InChI is InChI=1S/C13H24N4O/c1-11-6-4-5-7-17(11)9-8-16(3)10-13-15-14-12(2)18-13/h11H,4-10H2,1-3H3/t11-/m0/s1. The van der Waals surface area contributed by atoms with E-state index in [1.807, 2.05) is 6.92 Å². The number of hydrogen-bond donors (Lipinski definition) is 0. The first-order valence-corrected chi connectivity index (χ1v) is 6.86. The highest BCUT2D eigenvalue weighted by molar-refractivity contribution is 4.79. The van der Waals surface area contributed by atoms with Crippen LogP contribution in [0.25, 0.3) is 0 Å². The molecule has 0 aliphatic carbocycles. The molecule has 0 N–H and O–H groups in total. The Kier molecular flexibility index (Phi) is 4.72. The molecule has 1 aromatic heterocycles. The van der Waals surface area contributed by atoms with Gasteiger partial charge in [0, 0.05) is 26.1 Å². The van der Waals surface area contributed by atoms with Crippen molar-refractivity contribution in [3.05, 3.63) is 11.8 Å². The van der Waals surface area contributed by atoms with Gasteiger partial charge in [-0.2, -0.15) is 0 Å². The van der Waals surface area contributed by atoms with E-state index in [0.717, 1.165) is 25.7 Å². The van der Waals surface area contributed by atoms with Crippen molar-refractivity contribution in [1.82, 2.24) is 20.0 Å². The molecule has 0 radical (unpaired) electrons. The van der Waals surface area contributed by atoms with E-state index in [2.05, 4.69) is 34.0 Å². The van der Waals surface area contributed by atoms with Gasteiger partial charge < -0.3 is 4.42 Å². The fourth-order valence-corrected chi connectivity index (χ4v) is 2.50. The monoisotopic (exact) mass is 252 g/mol. The molecule has 18 heavy (non-hydrogen) atoms. The van der Waals surface area contributed by atoms with Crippen LogP contribution in [0.2, 0.25) is 0 Å². The van der Waals surface area contributed by atoms with Gasteiger partial charge in [0.05, 0.1) is 6.54 Å². The van der Waals surface area contributed by atoms with Crippen LogP contribution < -0.4 is 0 Å². The third kappa shape index (κ3) is 3.78. The van der Waals surface area contributed by atoms with Gasteiger partial charge in [0.2, 0.25) is 11.8 Å². The van der Waals surface area contributed by atoms with E-state index in [1.165, 1.54) is 25.8 Å². The summed E-state index contributed by atoms with van der Waals surface area (Å²) < 4.78 is 5.39. The zero-order chi connectivity index (χ0) is 13.0. The molecule has 1 aromatic rings. The molecule has 2 rings (SSSR count). The second-order valence-corrected chi connectivity index (χ2v) is 5.33. The number of likely N-dealkylation sites (N-methyl/N-ethyl adjacent to an activating group) is 1. The summed E-state index contributed by atoms with van der Waals surface area (Å²) >= 11 is 0. The Hall–Kier alpha value is -0.940. The molecular weight excluding hydrogens is 228 g/mol. The average Bonchev–Trinajstić information content (AvgIpc) is 2.74. The molecule has 0 unspecified atom stereocenters. The third-order valence-electron chi connectivity index (χ3n) is 3.68. The summed E-state index contributed by atoms with van der Waals surface area (Å²) in [6.07, 6.45) is 4.07. The summed E-state index contributed by atoms with van der Waals surface area (Å²) in [6, 6.07) is 0.734. The largest absolute Gasteiger partial charge is 0.424 e. The second kappa shape index (κ2) is 6.29. The highest BCUT2D eigenvalue weighted by Gasteiger charge is 2.18. The van der Waals surface area contributed by atoms with Gasteiger partial charge >= 0.3 is 0 Å². The van der Waals surface area contributed by atoms with Crippen LogP contribution in [0.5, 0.6) is 0 Å². The zero-order valence-electron chi connectivity index (χ0n) is 11.7. The quantitative estimate of drug-likeness (QED) is 0.798. The minimum atomic E-state index is 0.642. The molecule has 1 aliphatic heterocycles. The van der Waals surface area contributed by atoms with E-state index < -0.39 is 0 Å². The third-order valence-corrected chi connectivity index (χ3v) is 3.68. The number of aryl methyl sites for hydroxylation is 1. The highest BCUT2D eigenvalue weighted by Crippen LogP contribution is 2.15. The van der Waals surface area contributed by atoms with Gasteiger partial charge in [0.15, 0.2) is 0 Å². The molecule has 2 heterocycles. The molecule has 5 nitrogen and oxygen atoms in total. The zero-order valence-corrected chi connectivity index (χ0v) is 11.7. The number of rotatable bonds is 5. The van der Waals surface area contributed by atoms with Crippen molar-refractivity contribution in [1.29, 1.82) is 0 Å². The summed E-state index contributed by atoms with van der Waals surface area (Å²) in [4.78, 5) is 4.83. The predicted molar refractivity (Wildman–Crippen MR) is 70.3 cm³/mol. The smallest absolute Gasteiger partial charge is 0.230 e. The fourth-order valence-electron chi connectivity index (χ4n) is 2.50. The van der Waals surface area contributed by atoms with E-state index in [-0.39, 0.29) is 0 Å². The predicted octanol–water partition coefficient (Wildman–Crippen LogP) is 1.68. The van der Waals surface area contributed by atoms with Gasteiger partial charge in [-0.3, -0.25) is 9.80 Å². The second-order valence-electron chi connectivity index (χ2n) is 5.33. The topological polar surface area (TPSA) is 45.4 Å². The van der Waals surface area contributed by atoms with E-state index in [1.54, 1.807) is 0 Å². The van der Waals surface area contributed by atoms with Crippen LogP contribution in [0, 0.1) is 6.92 Å². The molecule has 102 valence electrons. The highest BCUT2D eigenvalue weighted by atomic mass is 16.4. The molecule has 0 amide bonds. The van der Waals surface area contributed by atoms with Gasteiger partial charge in [-0.05, 0) is 33.4 Å². The molecular formula is C13H24N4O. The molecule has 1 atom stereocenters. The minimum Gasteiger partial charge on any atom is -0.424 e. The van der Waals surface area contributed by atoms with Gasteiger partial charge in [-0.15, -0.1) is 10.2 Å². The molecule has 1 fully saturated rings. The first-order valence-electron chi connectivity index (χ1n) is 6.86. The molecule has 5 heteroatoms. The lowest BCUT2D eigenvalue weighted by atomic mass is 10.0. The lowest BCUT2D eigenvalue weighted by Crippen LogP contribution is -2.41. The van der Waals surface area contributed by atoms with Crippen molar-refractivity contribution < 1.29 is 4.42 Å². The Bertz CT molecular complexity index is 366. The van der Waals surface area contributed by atoms with E-state index in [4.69, 9.17) is 4.42 Å². The molecule has 0 spiro atoms. The van der Waals surface area contributed by atoms with Crippen LogP contribution in [-0.4, -0.2) is 52.7 Å². The fraction of sp³-hybridized carbons (Fsp3) is 0.846. The molecule has 0 bridgehead atoms. The summed E-state index contributed by atoms with van der Waals surface area (Å²) in [5.41, 5.74) is 0.